The van der Waals surface area contributed by atoms with Crippen LogP contribution in [0.5, 0.6) is 0 Å². The normalized spacial score (nSPS) is 23.7. The first-order valence-corrected chi connectivity index (χ1v) is 8.20. The van der Waals surface area contributed by atoms with Gasteiger partial charge in [0.05, 0.1) is 18.8 Å². The Hall–Kier alpha value is -1.11. The molecular weight excluding hydrogens is 304 g/mol. The third-order valence-electron chi connectivity index (χ3n) is 4.79. The Bertz CT molecular complexity index is 542. The summed E-state index contributed by atoms with van der Waals surface area (Å²) >= 11 is 6.02. The van der Waals surface area contributed by atoms with Crippen LogP contribution in [0.2, 0.25) is 5.15 Å². The van der Waals surface area contributed by atoms with Gasteiger partial charge in [-0.05, 0) is 26.3 Å². The molecule has 2 aliphatic heterocycles. The summed E-state index contributed by atoms with van der Waals surface area (Å²) < 4.78 is 7.25. The van der Waals surface area contributed by atoms with Gasteiger partial charge in [-0.25, -0.2) is 4.98 Å². The molecule has 1 unspecified atom stereocenters. The summed E-state index contributed by atoms with van der Waals surface area (Å²) in [5.41, 5.74) is 0. The predicted octanol–water partition coefficient (Wildman–Crippen LogP) is 1.29. The van der Waals surface area contributed by atoms with E-state index in [4.69, 9.17) is 16.3 Å². The zero-order valence-corrected chi connectivity index (χ0v) is 13.9. The van der Waals surface area contributed by atoms with Crippen LogP contribution in [0.25, 0.3) is 0 Å². The number of hydrogen-bond acceptors (Lipinski definition) is 4. The van der Waals surface area contributed by atoms with Crippen molar-refractivity contribution in [2.24, 2.45) is 7.05 Å². The lowest BCUT2D eigenvalue weighted by molar-refractivity contribution is -0.135. The molecule has 0 saturated carbocycles. The molecule has 2 saturated heterocycles. The Labute approximate surface area is 136 Å². The molecule has 122 valence electrons. The third-order valence-corrected chi connectivity index (χ3v) is 5.14. The highest BCUT2D eigenvalue weighted by molar-refractivity contribution is 6.29. The minimum Gasteiger partial charge on any atom is -0.381 e. The third kappa shape index (κ3) is 3.00. The predicted molar refractivity (Wildman–Crippen MR) is 83.6 cm³/mol. The summed E-state index contributed by atoms with van der Waals surface area (Å²) in [7, 11) is 3.88. The number of carbonyl (C=O) groups excluding carboxylic acids is 1. The summed E-state index contributed by atoms with van der Waals surface area (Å²) in [6, 6.07) is 0.292. The molecule has 0 bridgehead atoms. The van der Waals surface area contributed by atoms with E-state index in [-0.39, 0.29) is 11.9 Å². The second-order valence-corrected chi connectivity index (χ2v) is 6.54. The van der Waals surface area contributed by atoms with E-state index in [1.165, 1.54) is 0 Å². The number of rotatable bonds is 4. The highest BCUT2D eigenvalue weighted by atomic mass is 35.5. The van der Waals surface area contributed by atoms with Crippen LogP contribution in [0, 0.1) is 0 Å². The van der Waals surface area contributed by atoms with Gasteiger partial charge in [0.25, 0.3) is 0 Å². The van der Waals surface area contributed by atoms with Crippen LogP contribution >= 0.6 is 11.6 Å². The lowest BCUT2D eigenvalue weighted by atomic mass is 10.1. The van der Waals surface area contributed by atoms with Gasteiger partial charge in [-0.15, -0.1) is 0 Å². The molecule has 3 rings (SSSR count). The van der Waals surface area contributed by atoms with E-state index in [0.717, 1.165) is 44.8 Å². The van der Waals surface area contributed by atoms with E-state index in [9.17, 15) is 4.79 Å². The van der Waals surface area contributed by atoms with E-state index in [1.54, 1.807) is 6.20 Å². The Morgan fingerprint density at radius 2 is 2.14 bits per heavy atom. The number of aromatic nitrogens is 2. The van der Waals surface area contributed by atoms with Crippen LogP contribution in [0.3, 0.4) is 0 Å². The molecule has 3 heterocycles. The van der Waals surface area contributed by atoms with Gasteiger partial charge in [-0.2, -0.15) is 0 Å². The van der Waals surface area contributed by atoms with Gasteiger partial charge in [0, 0.05) is 32.8 Å². The van der Waals surface area contributed by atoms with Gasteiger partial charge < -0.3 is 14.2 Å². The van der Waals surface area contributed by atoms with Gasteiger partial charge >= 0.3 is 0 Å². The van der Waals surface area contributed by atoms with Crippen LogP contribution in [0.15, 0.2) is 6.20 Å². The molecule has 22 heavy (non-hydrogen) atoms. The summed E-state index contributed by atoms with van der Waals surface area (Å²) in [6.45, 7) is 3.00. The van der Waals surface area contributed by atoms with Crippen LogP contribution < -0.4 is 0 Å². The van der Waals surface area contributed by atoms with Crippen LogP contribution in [0.4, 0.5) is 0 Å². The van der Waals surface area contributed by atoms with E-state index in [0.29, 0.717) is 17.7 Å². The van der Waals surface area contributed by atoms with Crippen molar-refractivity contribution in [3.63, 3.8) is 0 Å². The second kappa shape index (κ2) is 6.56. The highest BCUT2D eigenvalue weighted by Gasteiger charge is 2.38. The van der Waals surface area contributed by atoms with Crippen molar-refractivity contribution in [1.29, 1.82) is 0 Å². The van der Waals surface area contributed by atoms with Gasteiger partial charge in [0.15, 0.2) is 0 Å². The summed E-state index contributed by atoms with van der Waals surface area (Å²) in [4.78, 5) is 21.2. The molecule has 6 nitrogen and oxygen atoms in total. The van der Waals surface area contributed by atoms with E-state index < -0.39 is 0 Å². The van der Waals surface area contributed by atoms with Crippen molar-refractivity contribution < 1.29 is 9.53 Å². The zero-order valence-electron chi connectivity index (χ0n) is 13.2. The molecule has 2 fully saturated rings. The summed E-state index contributed by atoms with van der Waals surface area (Å²) in [6.07, 6.45) is 4.44. The molecule has 1 amide bonds. The smallest absolute Gasteiger partial charge is 0.240 e. The van der Waals surface area contributed by atoms with Crippen LogP contribution in [0.1, 0.15) is 25.1 Å². The number of likely N-dealkylation sites (N-methyl/N-ethyl adjacent to an activating group) is 1. The molecule has 1 atom stereocenters. The molecule has 1 aromatic rings. The van der Waals surface area contributed by atoms with Crippen molar-refractivity contribution in [3.8, 4) is 0 Å². The minimum absolute atomic E-state index is 0.0571. The second-order valence-electron chi connectivity index (χ2n) is 6.15. The molecule has 1 aromatic heterocycles. The van der Waals surface area contributed by atoms with Crippen molar-refractivity contribution >= 4 is 17.5 Å². The average molecular weight is 327 g/mol. The molecule has 0 aliphatic carbocycles. The number of amides is 1. The van der Waals surface area contributed by atoms with Crippen LogP contribution in [-0.2, 0) is 23.1 Å². The monoisotopic (exact) mass is 326 g/mol. The first-order valence-electron chi connectivity index (χ1n) is 7.82. The van der Waals surface area contributed by atoms with E-state index >= 15 is 0 Å². The topological polar surface area (TPSA) is 50.6 Å². The highest BCUT2D eigenvalue weighted by Crippen LogP contribution is 2.24. The standard InChI is InChI=1S/C15H23ClN4O2/c1-18(10-14-17-9-13(16)19(14)2)12-3-6-20(15(12)21)11-4-7-22-8-5-11/h9,11-12H,3-8,10H2,1-2H3. The summed E-state index contributed by atoms with van der Waals surface area (Å²) in [5.74, 6) is 1.12. The molecule has 0 radical (unpaired) electrons. The van der Waals surface area contributed by atoms with Crippen molar-refractivity contribution in [2.75, 3.05) is 26.8 Å². The Morgan fingerprint density at radius 1 is 1.41 bits per heavy atom. The quantitative estimate of drug-likeness (QED) is 0.836. The van der Waals surface area contributed by atoms with Gasteiger partial charge in [0.2, 0.25) is 5.91 Å². The van der Waals surface area contributed by atoms with E-state index in [2.05, 4.69) is 14.8 Å². The van der Waals surface area contributed by atoms with Crippen molar-refractivity contribution in [2.45, 2.75) is 37.9 Å². The minimum atomic E-state index is -0.0571. The van der Waals surface area contributed by atoms with Crippen molar-refractivity contribution in [3.05, 3.63) is 17.2 Å². The number of imidazole rings is 1. The van der Waals surface area contributed by atoms with Crippen molar-refractivity contribution in [1.82, 2.24) is 19.4 Å². The van der Waals surface area contributed by atoms with E-state index in [1.807, 2.05) is 18.7 Å². The number of ether oxygens (including phenoxy) is 1. The van der Waals surface area contributed by atoms with Gasteiger partial charge in [-0.1, -0.05) is 11.6 Å². The Balaban J connectivity index is 1.62. The fourth-order valence-corrected chi connectivity index (χ4v) is 3.51. The fraction of sp³-hybridized carbons (Fsp3) is 0.733. The van der Waals surface area contributed by atoms with Crippen LogP contribution in [-0.4, -0.2) is 64.1 Å². The average Bonchev–Trinajstić information content (AvgIpc) is 3.06. The maximum absolute atomic E-state index is 12.7. The number of likely N-dealkylation sites (tertiary alicyclic amines) is 1. The Kier molecular flexibility index (Phi) is 4.70. The largest absolute Gasteiger partial charge is 0.381 e. The maximum Gasteiger partial charge on any atom is 0.240 e. The molecule has 0 N–H and O–H groups in total. The Morgan fingerprint density at radius 3 is 2.77 bits per heavy atom. The number of hydrogen-bond donors (Lipinski definition) is 0. The first kappa shape index (κ1) is 15.8. The SMILES string of the molecule is CN(Cc1ncc(Cl)n1C)C1CCN(C2CCOCC2)C1=O. The fourth-order valence-electron chi connectivity index (χ4n) is 3.36. The lowest BCUT2D eigenvalue weighted by Crippen LogP contribution is -2.45. The summed E-state index contributed by atoms with van der Waals surface area (Å²) in [5, 5.41) is 0.616. The molecule has 2 aliphatic rings. The number of carbonyl (C=O) groups is 1. The molecular formula is C15H23ClN4O2. The molecule has 0 aromatic carbocycles. The maximum atomic E-state index is 12.7. The number of halogens is 1. The number of nitrogens with zero attached hydrogens (tertiary/aromatic N) is 4. The zero-order chi connectivity index (χ0) is 15.7. The molecule has 7 heteroatoms. The first-order chi connectivity index (χ1) is 10.6. The van der Waals surface area contributed by atoms with Gasteiger partial charge in [0.1, 0.15) is 11.0 Å². The lowest BCUT2D eigenvalue weighted by Gasteiger charge is -2.32. The molecule has 0 spiro atoms. The van der Waals surface area contributed by atoms with Gasteiger partial charge in [-0.3, -0.25) is 9.69 Å².